The van der Waals surface area contributed by atoms with E-state index in [1.165, 1.54) is 0 Å². The molecule has 8 heteroatoms. The Morgan fingerprint density at radius 3 is 2.19 bits per heavy atom. The van der Waals surface area contributed by atoms with Gasteiger partial charge in [-0.1, -0.05) is 41.9 Å². The number of rotatable bonds is 7. The molecule has 0 aliphatic carbocycles. The summed E-state index contributed by atoms with van der Waals surface area (Å²) in [6.45, 7) is 8.63. The van der Waals surface area contributed by atoms with Crippen molar-refractivity contribution >= 4 is 39.5 Å². The van der Waals surface area contributed by atoms with E-state index >= 15 is 0 Å². The minimum atomic E-state index is -0.800. The van der Waals surface area contributed by atoms with Gasteiger partial charge in [-0.25, -0.2) is 4.79 Å². The molecule has 0 saturated carbocycles. The summed E-state index contributed by atoms with van der Waals surface area (Å²) in [4.78, 5) is 36.3. The van der Waals surface area contributed by atoms with Crippen molar-refractivity contribution < 1.29 is 19.1 Å². The van der Waals surface area contributed by atoms with Gasteiger partial charge in [0.25, 0.3) is 0 Å². The van der Waals surface area contributed by atoms with Crippen molar-refractivity contribution in [3.63, 3.8) is 0 Å². The minimum Gasteiger partial charge on any atom is -0.444 e. The molecule has 7 nitrogen and oxygen atoms in total. The Balaban J connectivity index is 2.55. The highest BCUT2D eigenvalue weighted by molar-refractivity contribution is 9.08. The summed E-state index contributed by atoms with van der Waals surface area (Å²) in [5, 5.41) is 8.54. The molecule has 0 saturated heterocycles. The molecule has 3 amide bonds. The zero-order valence-electron chi connectivity index (χ0n) is 16.4. The maximum atomic E-state index is 12.4. The van der Waals surface area contributed by atoms with Crippen LogP contribution in [-0.4, -0.2) is 36.1 Å². The van der Waals surface area contributed by atoms with Gasteiger partial charge in [0.2, 0.25) is 11.8 Å². The quantitative estimate of drug-likeness (QED) is 0.565. The van der Waals surface area contributed by atoms with E-state index in [0.29, 0.717) is 5.69 Å². The van der Waals surface area contributed by atoms with E-state index in [1.807, 2.05) is 12.1 Å². The second kappa shape index (κ2) is 10.3. The van der Waals surface area contributed by atoms with E-state index in [4.69, 9.17) is 4.74 Å². The SMILES string of the molecule is CC(C)[C@H](NC(=O)OC(C)(C)C)C(=O)NCC(=O)Nc1ccc(CBr)cc1. The lowest BCUT2D eigenvalue weighted by Gasteiger charge is -2.25. The molecule has 0 radical (unpaired) electrons. The third-order valence-electron chi connectivity index (χ3n) is 3.44. The molecule has 0 bridgehead atoms. The molecule has 0 spiro atoms. The molecule has 0 aliphatic heterocycles. The Kier molecular flexibility index (Phi) is 8.75. The summed E-state index contributed by atoms with van der Waals surface area (Å²) in [7, 11) is 0. The first kappa shape index (κ1) is 23.0. The van der Waals surface area contributed by atoms with Crippen molar-refractivity contribution in [1.29, 1.82) is 0 Å². The topological polar surface area (TPSA) is 96.5 Å². The number of nitrogens with one attached hydrogen (secondary N) is 3. The Morgan fingerprint density at radius 1 is 1.11 bits per heavy atom. The number of hydrogen-bond acceptors (Lipinski definition) is 4. The van der Waals surface area contributed by atoms with E-state index in [2.05, 4.69) is 31.9 Å². The molecule has 1 aromatic carbocycles. The molecule has 1 atom stereocenters. The molecule has 0 aromatic heterocycles. The van der Waals surface area contributed by atoms with E-state index < -0.39 is 23.6 Å². The van der Waals surface area contributed by atoms with Crippen molar-refractivity contribution in [1.82, 2.24) is 10.6 Å². The summed E-state index contributed by atoms with van der Waals surface area (Å²) in [6, 6.07) is 6.56. The number of halogens is 1. The van der Waals surface area contributed by atoms with E-state index in [-0.39, 0.29) is 18.4 Å². The lowest BCUT2D eigenvalue weighted by atomic mass is 10.0. The molecule has 1 aromatic rings. The van der Waals surface area contributed by atoms with Crippen LogP contribution in [0.5, 0.6) is 0 Å². The highest BCUT2D eigenvalue weighted by Crippen LogP contribution is 2.12. The fraction of sp³-hybridized carbons (Fsp3) is 0.526. The monoisotopic (exact) mass is 441 g/mol. The highest BCUT2D eigenvalue weighted by Gasteiger charge is 2.27. The Labute approximate surface area is 168 Å². The van der Waals surface area contributed by atoms with Gasteiger partial charge in [-0.15, -0.1) is 0 Å². The fourth-order valence-corrected chi connectivity index (χ4v) is 2.50. The number of carbonyl (C=O) groups excluding carboxylic acids is 3. The largest absolute Gasteiger partial charge is 0.444 e. The maximum absolute atomic E-state index is 12.4. The summed E-state index contributed by atoms with van der Waals surface area (Å²) in [5.41, 5.74) is 1.08. The number of amides is 3. The average Bonchev–Trinajstić information content (AvgIpc) is 2.56. The van der Waals surface area contributed by atoms with E-state index in [1.54, 1.807) is 46.8 Å². The third-order valence-corrected chi connectivity index (χ3v) is 4.08. The van der Waals surface area contributed by atoms with Crippen molar-refractivity contribution in [3.8, 4) is 0 Å². The molecule has 0 heterocycles. The van der Waals surface area contributed by atoms with Gasteiger partial charge in [-0.3, -0.25) is 9.59 Å². The summed E-state index contributed by atoms with van der Waals surface area (Å²) >= 11 is 3.36. The Hall–Kier alpha value is -2.09. The first-order valence-corrected chi connectivity index (χ1v) is 9.86. The zero-order valence-corrected chi connectivity index (χ0v) is 18.0. The van der Waals surface area contributed by atoms with Gasteiger partial charge in [-0.2, -0.15) is 0 Å². The fourth-order valence-electron chi connectivity index (χ4n) is 2.13. The predicted molar refractivity (Wildman–Crippen MR) is 109 cm³/mol. The van der Waals surface area contributed by atoms with Crippen LogP contribution in [0.1, 0.15) is 40.2 Å². The van der Waals surface area contributed by atoms with Crippen LogP contribution < -0.4 is 16.0 Å². The second-order valence-electron chi connectivity index (χ2n) is 7.46. The van der Waals surface area contributed by atoms with Crippen LogP contribution in [0.25, 0.3) is 0 Å². The van der Waals surface area contributed by atoms with Gasteiger partial charge in [0.05, 0.1) is 6.54 Å². The summed E-state index contributed by atoms with van der Waals surface area (Å²) < 4.78 is 5.18. The van der Waals surface area contributed by atoms with E-state index in [0.717, 1.165) is 10.9 Å². The Morgan fingerprint density at radius 2 is 1.70 bits per heavy atom. The zero-order chi connectivity index (χ0) is 20.6. The summed E-state index contributed by atoms with van der Waals surface area (Å²) in [5.74, 6) is -0.965. The number of anilines is 1. The predicted octanol–water partition coefficient (Wildman–Crippen LogP) is 3.19. The number of alkyl carbamates (subject to hydrolysis) is 1. The van der Waals surface area contributed by atoms with Gasteiger partial charge in [0.15, 0.2) is 0 Å². The molecule has 1 rings (SSSR count). The van der Waals surface area contributed by atoms with Crippen molar-refractivity contribution in [2.45, 2.75) is 51.6 Å². The number of carbonyl (C=O) groups is 3. The molecule has 0 aliphatic rings. The van der Waals surface area contributed by atoms with Crippen molar-refractivity contribution in [2.75, 3.05) is 11.9 Å². The summed E-state index contributed by atoms with van der Waals surface area (Å²) in [6.07, 6.45) is -0.673. The number of ether oxygens (including phenoxy) is 1. The molecule has 27 heavy (non-hydrogen) atoms. The van der Waals surface area contributed by atoms with Crippen LogP contribution in [0, 0.1) is 5.92 Å². The molecule has 0 fully saturated rings. The highest BCUT2D eigenvalue weighted by atomic mass is 79.9. The van der Waals surface area contributed by atoms with E-state index in [9.17, 15) is 14.4 Å². The van der Waals surface area contributed by atoms with Gasteiger partial charge in [-0.05, 0) is 44.4 Å². The van der Waals surface area contributed by atoms with Gasteiger partial charge in [0, 0.05) is 11.0 Å². The van der Waals surface area contributed by atoms with Crippen molar-refractivity contribution in [2.24, 2.45) is 5.92 Å². The van der Waals surface area contributed by atoms with Gasteiger partial charge in [0.1, 0.15) is 11.6 Å². The van der Waals surface area contributed by atoms with Gasteiger partial charge >= 0.3 is 6.09 Å². The first-order valence-electron chi connectivity index (χ1n) is 8.74. The van der Waals surface area contributed by atoms with Crippen LogP contribution in [0.3, 0.4) is 0 Å². The number of hydrogen-bond donors (Lipinski definition) is 3. The molecular formula is C19H28BrN3O4. The van der Waals surface area contributed by atoms with Gasteiger partial charge < -0.3 is 20.7 Å². The van der Waals surface area contributed by atoms with Crippen LogP contribution in [0.4, 0.5) is 10.5 Å². The van der Waals surface area contributed by atoms with Crippen LogP contribution in [0.2, 0.25) is 0 Å². The molecule has 150 valence electrons. The normalized spacial score (nSPS) is 12.3. The standard InChI is InChI=1S/C19H28BrN3O4/c1-12(2)16(23-18(26)27-19(3,4)5)17(25)21-11-15(24)22-14-8-6-13(10-20)7-9-14/h6-9,12,16H,10-11H2,1-5H3,(H,21,25)(H,22,24)(H,23,26)/t16-/m0/s1. The lowest BCUT2D eigenvalue weighted by molar-refractivity contribution is -0.126. The minimum absolute atomic E-state index is 0.169. The second-order valence-corrected chi connectivity index (χ2v) is 8.03. The maximum Gasteiger partial charge on any atom is 0.408 e. The smallest absolute Gasteiger partial charge is 0.408 e. The Bertz CT molecular complexity index is 654. The first-order chi connectivity index (χ1) is 12.5. The average molecular weight is 442 g/mol. The van der Waals surface area contributed by atoms with Crippen LogP contribution in [0.15, 0.2) is 24.3 Å². The third kappa shape index (κ3) is 8.90. The lowest BCUT2D eigenvalue weighted by Crippen LogP contribution is -2.52. The number of benzene rings is 1. The van der Waals surface area contributed by atoms with Crippen LogP contribution >= 0.6 is 15.9 Å². The van der Waals surface area contributed by atoms with Crippen molar-refractivity contribution in [3.05, 3.63) is 29.8 Å². The molecule has 3 N–H and O–H groups in total. The number of alkyl halides is 1. The molecule has 0 unspecified atom stereocenters. The molecular weight excluding hydrogens is 414 g/mol. The van der Waals surface area contributed by atoms with Crippen LogP contribution in [-0.2, 0) is 19.7 Å².